The zero-order valence-corrected chi connectivity index (χ0v) is 26.5. The third-order valence-electron chi connectivity index (χ3n) is 11.1. The molecule has 4 fully saturated rings. The second-order valence-corrected chi connectivity index (χ2v) is 14.6. The molecule has 0 aromatic heterocycles. The second-order valence-electron chi connectivity index (χ2n) is 14.6. The summed E-state index contributed by atoms with van der Waals surface area (Å²) in [5, 5.41) is 4.97. The van der Waals surface area contributed by atoms with E-state index in [-0.39, 0.29) is 47.5 Å². The van der Waals surface area contributed by atoms with Gasteiger partial charge in [0.2, 0.25) is 0 Å². The van der Waals surface area contributed by atoms with Crippen molar-refractivity contribution < 1.29 is 38.1 Å². The van der Waals surface area contributed by atoms with Gasteiger partial charge in [-0.1, -0.05) is 26.8 Å². The number of ketones is 1. The number of amides is 3. The first kappa shape index (κ1) is 32.3. The molecule has 0 saturated heterocycles. The fraction of sp³-hybridized carbons (Fsp3) is 0.812. The average molecular weight is 591 g/mol. The van der Waals surface area contributed by atoms with Gasteiger partial charge in [-0.25, -0.2) is 19.7 Å². The molecule has 0 aromatic carbocycles. The summed E-state index contributed by atoms with van der Waals surface area (Å²) < 4.78 is 22.8. The number of imide groups is 1. The predicted octanol–water partition coefficient (Wildman–Crippen LogP) is 5.92. The molecule has 10 heteroatoms. The minimum absolute atomic E-state index is 0.0150. The molecular formula is C32H50N2O8. The van der Waals surface area contributed by atoms with Gasteiger partial charge >= 0.3 is 18.3 Å². The van der Waals surface area contributed by atoms with Gasteiger partial charge in [0.05, 0.1) is 6.10 Å². The van der Waals surface area contributed by atoms with Crippen LogP contribution in [0.4, 0.5) is 14.4 Å². The van der Waals surface area contributed by atoms with Crippen LogP contribution in [0.2, 0.25) is 0 Å². The van der Waals surface area contributed by atoms with Gasteiger partial charge in [-0.05, 0) is 64.7 Å². The van der Waals surface area contributed by atoms with Crippen LogP contribution in [-0.2, 0) is 23.7 Å². The van der Waals surface area contributed by atoms with E-state index in [0.29, 0.717) is 12.8 Å². The molecule has 0 aliphatic heterocycles. The number of carbonyl (C=O) groups excluding carboxylic acids is 4. The number of hydrogen-bond donors (Lipinski definition) is 2. The Balaban J connectivity index is 1.46. The molecule has 4 aliphatic carbocycles. The minimum Gasteiger partial charge on any atom is -0.446 e. The van der Waals surface area contributed by atoms with Crippen molar-refractivity contribution in [1.82, 2.24) is 10.6 Å². The van der Waals surface area contributed by atoms with E-state index in [9.17, 15) is 19.2 Å². The van der Waals surface area contributed by atoms with Gasteiger partial charge in [0.1, 0.15) is 23.6 Å². The van der Waals surface area contributed by atoms with E-state index >= 15 is 0 Å². The summed E-state index contributed by atoms with van der Waals surface area (Å²) in [6.45, 7) is 17.6. The van der Waals surface area contributed by atoms with Gasteiger partial charge in [0.25, 0.3) is 0 Å². The number of methoxy groups -OCH3 is 1. The third-order valence-corrected chi connectivity index (χ3v) is 11.1. The van der Waals surface area contributed by atoms with Crippen LogP contribution in [0.15, 0.2) is 12.7 Å². The Morgan fingerprint density at radius 3 is 2.21 bits per heavy atom. The van der Waals surface area contributed by atoms with E-state index in [1.54, 1.807) is 34.0 Å². The van der Waals surface area contributed by atoms with Gasteiger partial charge < -0.3 is 24.3 Å². The molecule has 3 amide bonds. The molecule has 0 aromatic rings. The second kappa shape index (κ2) is 11.5. The first-order valence-corrected chi connectivity index (χ1v) is 15.4. The van der Waals surface area contributed by atoms with Gasteiger partial charge in [-0.2, -0.15) is 0 Å². The number of alkyl carbamates (subject to hydrolysis) is 3. The smallest absolute Gasteiger partial charge is 0.416 e. The first-order valence-electron chi connectivity index (χ1n) is 15.4. The highest BCUT2D eigenvalue weighted by atomic mass is 16.6. The lowest BCUT2D eigenvalue weighted by atomic mass is 9.44. The summed E-state index contributed by atoms with van der Waals surface area (Å²) >= 11 is 0. The quantitative estimate of drug-likeness (QED) is 0.298. The van der Waals surface area contributed by atoms with Crippen molar-refractivity contribution in [2.24, 2.45) is 34.0 Å². The minimum atomic E-state index is -0.908. The summed E-state index contributed by atoms with van der Waals surface area (Å²) in [6.07, 6.45) is 2.86. The maximum Gasteiger partial charge on any atom is 0.416 e. The largest absolute Gasteiger partial charge is 0.446 e. The number of Topliss-reactive ketones (excluding diaryl/α,β-unsaturated/α-hetero) is 1. The van der Waals surface area contributed by atoms with Crippen LogP contribution in [0.3, 0.4) is 0 Å². The van der Waals surface area contributed by atoms with Crippen molar-refractivity contribution in [2.75, 3.05) is 7.11 Å². The molecule has 2 bridgehead atoms. The van der Waals surface area contributed by atoms with Crippen LogP contribution in [-0.4, -0.2) is 61.1 Å². The predicted molar refractivity (Wildman–Crippen MR) is 156 cm³/mol. The Hall–Kier alpha value is -2.62. The van der Waals surface area contributed by atoms with Crippen LogP contribution in [0.5, 0.6) is 0 Å². The molecule has 42 heavy (non-hydrogen) atoms. The highest BCUT2D eigenvalue weighted by molar-refractivity contribution is 5.90. The van der Waals surface area contributed by atoms with Gasteiger partial charge in [0.15, 0.2) is 0 Å². The summed E-state index contributed by atoms with van der Waals surface area (Å²) in [4.78, 5) is 51.8. The fourth-order valence-electron chi connectivity index (χ4n) is 8.47. The van der Waals surface area contributed by atoms with Crippen LogP contribution in [0.1, 0.15) is 93.4 Å². The van der Waals surface area contributed by atoms with E-state index in [0.717, 1.165) is 25.7 Å². The molecular weight excluding hydrogens is 540 g/mol. The van der Waals surface area contributed by atoms with Gasteiger partial charge in [-0.3, -0.25) is 4.79 Å². The maximum atomic E-state index is 14.0. The van der Waals surface area contributed by atoms with Crippen molar-refractivity contribution in [2.45, 2.75) is 123 Å². The van der Waals surface area contributed by atoms with Gasteiger partial charge in [0, 0.05) is 55.1 Å². The van der Waals surface area contributed by atoms with E-state index < -0.39 is 46.9 Å². The van der Waals surface area contributed by atoms with Crippen molar-refractivity contribution in [3.63, 3.8) is 0 Å². The van der Waals surface area contributed by atoms with E-state index in [4.69, 9.17) is 18.9 Å². The Bertz CT molecular complexity index is 1100. The number of rotatable bonds is 5. The third kappa shape index (κ3) is 5.80. The van der Waals surface area contributed by atoms with Crippen LogP contribution >= 0.6 is 0 Å². The Labute approximate surface area is 250 Å². The Kier molecular flexibility index (Phi) is 8.82. The lowest BCUT2D eigenvalue weighted by molar-refractivity contribution is -0.188. The van der Waals surface area contributed by atoms with E-state index in [1.807, 2.05) is 6.92 Å². The van der Waals surface area contributed by atoms with Crippen LogP contribution in [0.25, 0.3) is 0 Å². The highest BCUT2D eigenvalue weighted by Gasteiger charge is 2.68. The molecule has 236 valence electrons. The Morgan fingerprint density at radius 2 is 1.62 bits per heavy atom. The number of hydrogen-bond acceptors (Lipinski definition) is 8. The van der Waals surface area contributed by atoms with Crippen molar-refractivity contribution in [3.8, 4) is 0 Å². The average Bonchev–Trinajstić information content (AvgIpc) is 3.27. The van der Waals surface area contributed by atoms with E-state index in [1.165, 1.54) is 0 Å². The summed E-state index contributed by atoms with van der Waals surface area (Å²) in [7, 11) is 1.72. The SMILES string of the molecule is C=C[C@]1(C)C[C@@H](OC(=O)NC(=O)OC2CC(NC(=O)OC(C)(C)C)C2)[C@]2(C)[C@H](C)CC[C@]3(CC[C@@H](OC)[C@@H]32)[C@@H](C)C1=O. The molecule has 8 atom stereocenters. The topological polar surface area (TPSA) is 129 Å². The normalized spacial score (nSPS) is 41.2. The molecule has 4 rings (SSSR count). The summed E-state index contributed by atoms with van der Waals surface area (Å²) in [5.41, 5.74) is -2.25. The van der Waals surface area contributed by atoms with Gasteiger partial charge in [-0.15, -0.1) is 6.58 Å². The molecule has 4 saturated carbocycles. The zero-order valence-electron chi connectivity index (χ0n) is 26.5. The zero-order chi connectivity index (χ0) is 31.3. The molecule has 0 spiro atoms. The molecule has 0 unspecified atom stereocenters. The van der Waals surface area contributed by atoms with Crippen molar-refractivity contribution >= 4 is 24.1 Å². The number of ether oxygens (including phenoxy) is 4. The molecule has 0 heterocycles. The van der Waals surface area contributed by atoms with Crippen molar-refractivity contribution in [1.29, 1.82) is 0 Å². The number of carbonyl (C=O) groups is 4. The standard InChI is InChI=1S/C32H50N2O8/c1-10-30(7)17-23(31(8)18(2)11-13-32(19(3)25(30)35)14-12-22(39-9)24(31)32)41-27(37)34-26(36)40-21-15-20(16-21)33-28(38)42-29(4,5)6/h10,18-24H,1,11-17H2,2-9H3,(H,33,38)(H,34,36,37)/t18-,19+,20?,21?,22-,23-,24-,30-,31+,32+/m1/s1. The number of allylic oxidation sites excluding steroid dienone is 1. The fourth-order valence-corrected chi connectivity index (χ4v) is 8.47. The summed E-state index contributed by atoms with van der Waals surface area (Å²) in [6, 6.07) is -0.177. The van der Waals surface area contributed by atoms with Crippen molar-refractivity contribution in [3.05, 3.63) is 12.7 Å². The molecule has 2 N–H and O–H groups in total. The lowest BCUT2D eigenvalue weighted by Gasteiger charge is -2.61. The van der Waals surface area contributed by atoms with Crippen LogP contribution < -0.4 is 10.6 Å². The van der Waals surface area contributed by atoms with E-state index in [2.05, 4.69) is 38.0 Å². The Morgan fingerprint density at radius 1 is 1.00 bits per heavy atom. The number of nitrogens with one attached hydrogen (secondary N) is 2. The maximum absolute atomic E-state index is 14.0. The summed E-state index contributed by atoms with van der Waals surface area (Å²) in [5.74, 6) is 0.137. The van der Waals surface area contributed by atoms with Crippen LogP contribution in [0, 0.1) is 34.0 Å². The lowest BCUT2D eigenvalue weighted by Crippen LogP contribution is -2.63. The highest BCUT2D eigenvalue weighted by Crippen LogP contribution is 2.68. The first-order chi connectivity index (χ1) is 19.5. The molecule has 0 radical (unpaired) electrons. The molecule has 10 nitrogen and oxygen atoms in total. The molecule has 4 aliphatic rings. The monoisotopic (exact) mass is 590 g/mol.